The number of aliphatic hydroxyl groups is 1. The predicted molar refractivity (Wildman–Crippen MR) is 109 cm³/mol. The van der Waals surface area contributed by atoms with Crippen molar-refractivity contribution in [2.45, 2.75) is 31.2 Å². The van der Waals surface area contributed by atoms with Gasteiger partial charge in [0.25, 0.3) is 5.91 Å². The van der Waals surface area contributed by atoms with Crippen LogP contribution < -0.4 is 14.8 Å². The van der Waals surface area contributed by atoms with E-state index < -0.39 is 24.2 Å². The van der Waals surface area contributed by atoms with E-state index in [-0.39, 0.29) is 18.1 Å². The van der Waals surface area contributed by atoms with Crippen LogP contribution in [0.3, 0.4) is 0 Å². The van der Waals surface area contributed by atoms with Gasteiger partial charge in [0, 0.05) is 30.2 Å². The minimum atomic E-state index is -1.03. The van der Waals surface area contributed by atoms with Crippen molar-refractivity contribution in [2.75, 3.05) is 6.61 Å². The molecule has 0 bridgehead atoms. The molecule has 1 amide bonds. The number of nitrogens with one attached hydrogen (secondary N) is 1. The quantitative estimate of drug-likeness (QED) is 0.656. The van der Waals surface area contributed by atoms with Crippen LogP contribution in [0.25, 0.3) is 0 Å². The summed E-state index contributed by atoms with van der Waals surface area (Å²) in [5.41, 5.74) is 1.42. The molecular formula is C23H19FN4O4. The van der Waals surface area contributed by atoms with Crippen LogP contribution in [-0.4, -0.2) is 33.4 Å². The Hall–Kier alpha value is -3.90. The van der Waals surface area contributed by atoms with Gasteiger partial charge in [-0.05, 0) is 24.3 Å². The second kappa shape index (κ2) is 7.98. The van der Waals surface area contributed by atoms with Gasteiger partial charge in [-0.3, -0.25) is 4.79 Å². The third-order valence-corrected chi connectivity index (χ3v) is 5.67. The highest BCUT2D eigenvalue weighted by Crippen LogP contribution is 2.34. The number of nitriles is 1. The number of aromatic nitrogens is 2. The number of halogens is 1. The van der Waals surface area contributed by atoms with E-state index in [1.165, 1.54) is 12.1 Å². The van der Waals surface area contributed by atoms with Gasteiger partial charge in [-0.15, -0.1) is 0 Å². The van der Waals surface area contributed by atoms with Crippen molar-refractivity contribution in [1.82, 2.24) is 15.1 Å². The van der Waals surface area contributed by atoms with Gasteiger partial charge < -0.3 is 19.9 Å². The maximum absolute atomic E-state index is 14.1. The smallest absolute Gasteiger partial charge is 0.272 e. The van der Waals surface area contributed by atoms with E-state index >= 15 is 0 Å². The van der Waals surface area contributed by atoms with Crippen molar-refractivity contribution in [3.63, 3.8) is 0 Å². The Bertz CT molecular complexity index is 1230. The highest BCUT2D eigenvalue weighted by atomic mass is 19.1. The van der Waals surface area contributed by atoms with E-state index in [4.69, 9.17) is 14.7 Å². The first-order chi connectivity index (χ1) is 15.5. The van der Waals surface area contributed by atoms with Crippen molar-refractivity contribution >= 4 is 5.91 Å². The average molecular weight is 434 g/mol. The van der Waals surface area contributed by atoms with Crippen molar-refractivity contribution < 1.29 is 23.8 Å². The van der Waals surface area contributed by atoms with Gasteiger partial charge in [-0.1, -0.05) is 18.2 Å². The SMILES string of the molecule is N#Cc1ccc2c(c1)C(O)C(NC(=O)c1cc3n(n1)CCC(c1ccccc1F)O3)CO2. The molecule has 0 fully saturated rings. The van der Waals surface area contributed by atoms with Crippen LogP contribution in [0.2, 0.25) is 0 Å². The Morgan fingerprint density at radius 3 is 2.91 bits per heavy atom. The summed E-state index contributed by atoms with van der Waals surface area (Å²) in [7, 11) is 0. The second-order valence-electron chi connectivity index (χ2n) is 7.71. The number of carbonyl (C=O) groups is 1. The number of aliphatic hydroxyl groups excluding tert-OH is 1. The summed E-state index contributed by atoms with van der Waals surface area (Å²) in [6.07, 6.45) is -0.977. The molecule has 2 aliphatic rings. The molecular weight excluding hydrogens is 415 g/mol. The lowest BCUT2D eigenvalue weighted by molar-refractivity contribution is 0.0613. The van der Waals surface area contributed by atoms with Crippen molar-refractivity contribution in [3.05, 3.63) is 76.7 Å². The van der Waals surface area contributed by atoms with E-state index in [9.17, 15) is 14.3 Å². The largest absolute Gasteiger partial charge is 0.491 e. The number of nitrogens with zero attached hydrogens (tertiary/aromatic N) is 3. The Morgan fingerprint density at radius 2 is 2.09 bits per heavy atom. The zero-order valence-electron chi connectivity index (χ0n) is 16.9. The molecule has 0 spiro atoms. The zero-order valence-corrected chi connectivity index (χ0v) is 16.9. The maximum Gasteiger partial charge on any atom is 0.272 e. The number of rotatable bonds is 3. The van der Waals surface area contributed by atoms with Crippen LogP contribution >= 0.6 is 0 Å². The standard InChI is InChI=1S/C23H19FN4O4/c24-16-4-2-1-3-14(16)20-7-8-28-21(32-20)10-17(27-28)23(30)26-18-12-31-19-6-5-13(11-25)9-15(19)22(18)29/h1-6,9-10,18,20,22,29H,7-8,12H2,(H,26,30). The summed E-state index contributed by atoms with van der Waals surface area (Å²) >= 11 is 0. The van der Waals surface area contributed by atoms with Crippen molar-refractivity contribution in [2.24, 2.45) is 0 Å². The van der Waals surface area contributed by atoms with Crippen LogP contribution in [0, 0.1) is 17.1 Å². The van der Waals surface area contributed by atoms with Crippen LogP contribution in [0.15, 0.2) is 48.5 Å². The molecule has 3 aromatic rings. The monoisotopic (exact) mass is 434 g/mol. The Labute approximate surface area is 182 Å². The van der Waals surface area contributed by atoms with Crippen LogP contribution in [0.4, 0.5) is 4.39 Å². The number of amides is 1. The molecule has 3 heterocycles. The molecule has 3 atom stereocenters. The third kappa shape index (κ3) is 3.55. The van der Waals surface area contributed by atoms with Gasteiger partial charge in [0.2, 0.25) is 5.88 Å². The number of benzene rings is 2. The molecule has 8 nitrogen and oxygen atoms in total. The van der Waals surface area contributed by atoms with Crippen molar-refractivity contribution in [3.8, 4) is 17.7 Å². The first-order valence-electron chi connectivity index (χ1n) is 10.2. The molecule has 2 aromatic carbocycles. The number of aryl methyl sites for hydroxylation is 1. The molecule has 0 saturated heterocycles. The fraction of sp³-hybridized carbons (Fsp3) is 0.261. The fourth-order valence-electron chi connectivity index (χ4n) is 4.00. The highest BCUT2D eigenvalue weighted by Gasteiger charge is 2.32. The van der Waals surface area contributed by atoms with Gasteiger partial charge >= 0.3 is 0 Å². The summed E-state index contributed by atoms with van der Waals surface area (Å²) < 4.78 is 27.2. The summed E-state index contributed by atoms with van der Waals surface area (Å²) in [6.45, 7) is 0.548. The number of carbonyl (C=O) groups excluding carboxylic acids is 1. The second-order valence-corrected chi connectivity index (χ2v) is 7.71. The lowest BCUT2D eigenvalue weighted by atomic mass is 9.97. The van der Waals surface area contributed by atoms with E-state index in [0.29, 0.717) is 41.3 Å². The van der Waals surface area contributed by atoms with Crippen molar-refractivity contribution in [1.29, 1.82) is 5.26 Å². The van der Waals surface area contributed by atoms with Crippen LogP contribution in [0.5, 0.6) is 11.6 Å². The van der Waals surface area contributed by atoms with Crippen LogP contribution in [-0.2, 0) is 6.54 Å². The molecule has 1 aromatic heterocycles. The molecule has 9 heteroatoms. The number of ether oxygens (including phenoxy) is 2. The van der Waals surface area contributed by atoms with E-state index in [0.717, 1.165) is 0 Å². The molecule has 0 radical (unpaired) electrons. The predicted octanol–water partition coefficient (Wildman–Crippen LogP) is 2.64. The molecule has 5 rings (SSSR count). The van der Waals surface area contributed by atoms with E-state index in [1.807, 2.05) is 6.07 Å². The van der Waals surface area contributed by atoms with Gasteiger partial charge in [0.1, 0.15) is 30.4 Å². The van der Waals surface area contributed by atoms with E-state index in [2.05, 4.69) is 10.4 Å². The minimum Gasteiger partial charge on any atom is -0.491 e. The van der Waals surface area contributed by atoms with Crippen LogP contribution in [0.1, 0.15) is 45.8 Å². The normalized spacial score (nSPS) is 21.3. The molecule has 2 N–H and O–H groups in total. The summed E-state index contributed by atoms with van der Waals surface area (Å²) in [5, 5.41) is 26.8. The van der Waals surface area contributed by atoms with Gasteiger partial charge in [0.15, 0.2) is 5.69 Å². The van der Waals surface area contributed by atoms with E-state index in [1.54, 1.807) is 41.1 Å². The topological polar surface area (TPSA) is 109 Å². The van der Waals surface area contributed by atoms with Gasteiger partial charge in [-0.2, -0.15) is 10.4 Å². The molecule has 2 aliphatic heterocycles. The molecule has 32 heavy (non-hydrogen) atoms. The van der Waals surface area contributed by atoms with Gasteiger partial charge in [0.05, 0.1) is 17.7 Å². The van der Waals surface area contributed by atoms with Gasteiger partial charge in [-0.25, -0.2) is 9.07 Å². The molecule has 0 aliphatic carbocycles. The number of fused-ring (bicyclic) bond motifs is 2. The molecule has 0 saturated carbocycles. The number of hydrogen-bond acceptors (Lipinski definition) is 6. The Kier molecular flexibility index (Phi) is 4.99. The summed E-state index contributed by atoms with van der Waals surface area (Å²) in [4.78, 5) is 12.8. The molecule has 162 valence electrons. The molecule has 3 unspecified atom stereocenters. The minimum absolute atomic E-state index is 0.0746. The summed E-state index contributed by atoms with van der Waals surface area (Å²) in [6, 6.07) is 14.0. The Morgan fingerprint density at radius 1 is 1.25 bits per heavy atom. The first-order valence-corrected chi connectivity index (χ1v) is 10.2. The third-order valence-electron chi connectivity index (χ3n) is 5.67. The lowest BCUT2D eigenvalue weighted by Gasteiger charge is -2.30. The fourth-order valence-corrected chi connectivity index (χ4v) is 4.00. The number of hydrogen-bond donors (Lipinski definition) is 2. The first kappa shape index (κ1) is 20.0. The highest BCUT2D eigenvalue weighted by molar-refractivity contribution is 5.92. The lowest BCUT2D eigenvalue weighted by Crippen LogP contribution is -2.45. The zero-order chi connectivity index (χ0) is 22.2. The average Bonchev–Trinajstić information content (AvgIpc) is 3.24. The summed E-state index contributed by atoms with van der Waals surface area (Å²) in [5.74, 6) is 0.0196. The maximum atomic E-state index is 14.1. The Balaban J connectivity index is 1.30.